The number of carbonyl (C=O) groups excluding carboxylic acids is 1. The average molecular weight is 455 g/mol. The monoisotopic (exact) mass is 455 g/mol. The molecule has 6 nitrogen and oxygen atoms in total. The Morgan fingerprint density at radius 3 is 2.73 bits per heavy atom. The lowest BCUT2D eigenvalue weighted by molar-refractivity contribution is -0.137. The summed E-state index contributed by atoms with van der Waals surface area (Å²) < 4.78 is 56.1. The molecule has 1 fully saturated rings. The van der Waals surface area contributed by atoms with Crippen LogP contribution in [0.4, 0.5) is 23.4 Å². The van der Waals surface area contributed by atoms with Gasteiger partial charge in [-0.15, -0.1) is 0 Å². The largest absolute Gasteiger partial charge is 0.416 e. The number of hydrogen-bond donors (Lipinski definition) is 1. The molecule has 2 heterocycles. The van der Waals surface area contributed by atoms with Gasteiger partial charge in [-0.25, -0.2) is 14.4 Å². The highest BCUT2D eigenvalue weighted by Crippen LogP contribution is 2.63. The van der Waals surface area contributed by atoms with Gasteiger partial charge in [-0.3, -0.25) is 9.20 Å². The van der Waals surface area contributed by atoms with Crippen molar-refractivity contribution in [1.29, 1.82) is 0 Å². The van der Waals surface area contributed by atoms with Gasteiger partial charge in [0.2, 0.25) is 0 Å². The molecule has 2 N–H and O–H groups in total. The normalized spacial score (nSPS) is 21.3. The number of benzene rings is 2. The van der Waals surface area contributed by atoms with Gasteiger partial charge in [0.25, 0.3) is 5.91 Å². The first kappa shape index (κ1) is 20.0. The van der Waals surface area contributed by atoms with Gasteiger partial charge >= 0.3 is 6.18 Å². The summed E-state index contributed by atoms with van der Waals surface area (Å²) in [4.78, 5) is 23.1. The van der Waals surface area contributed by atoms with Crippen molar-refractivity contribution in [2.75, 3.05) is 12.8 Å². The number of rotatable bonds is 2. The van der Waals surface area contributed by atoms with Crippen molar-refractivity contribution in [3.8, 4) is 0 Å². The number of alkyl halides is 3. The average Bonchev–Trinajstić information content (AvgIpc) is 3.24. The van der Waals surface area contributed by atoms with Gasteiger partial charge in [0.05, 0.1) is 40.7 Å². The van der Waals surface area contributed by atoms with Crippen molar-refractivity contribution in [2.24, 2.45) is 5.92 Å². The van der Waals surface area contributed by atoms with E-state index in [4.69, 9.17) is 5.73 Å². The van der Waals surface area contributed by atoms with E-state index in [2.05, 4.69) is 9.97 Å². The Bertz CT molecular complexity index is 1480. The lowest BCUT2D eigenvalue weighted by atomic mass is 9.98. The van der Waals surface area contributed by atoms with E-state index in [-0.39, 0.29) is 28.7 Å². The van der Waals surface area contributed by atoms with Gasteiger partial charge in [0, 0.05) is 13.1 Å². The third-order valence-corrected chi connectivity index (χ3v) is 6.81. The third kappa shape index (κ3) is 2.82. The first-order valence-electron chi connectivity index (χ1n) is 10.3. The Balaban J connectivity index is 1.40. The third-order valence-electron chi connectivity index (χ3n) is 6.81. The topological polar surface area (TPSA) is 76.5 Å². The molecule has 4 aromatic rings. The maximum atomic E-state index is 15.0. The van der Waals surface area contributed by atoms with Crippen LogP contribution in [0.2, 0.25) is 0 Å². The van der Waals surface area contributed by atoms with Crippen LogP contribution in [0.5, 0.6) is 0 Å². The number of hydrogen-bond acceptors (Lipinski definition) is 4. The Labute approximate surface area is 184 Å². The minimum Gasteiger partial charge on any atom is -0.382 e. The van der Waals surface area contributed by atoms with Gasteiger partial charge in [-0.2, -0.15) is 13.2 Å². The summed E-state index contributed by atoms with van der Waals surface area (Å²) in [7, 11) is 1.56. The van der Waals surface area contributed by atoms with Crippen LogP contribution in [0.1, 0.15) is 45.4 Å². The summed E-state index contributed by atoms with van der Waals surface area (Å²) in [5.74, 6) is -1.09. The van der Waals surface area contributed by atoms with Crippen LogP contribution in [0.3, 0.4) is 0 Å². The SMILES string of the molecule is CN(C(=O)c1cc2c(cc1F)nc(N)c1cncn12)[C@H]1c2ccc(C(F)(F)F)cc2[C@@H]2C[C@@H]21. The minimum atomic E-state index is -4.43. The van der Waals surface area contributed by atoms with Crippen LogP contribution >= 0.6 is 0 Å². The number of fused-ring (bicyclic) bond motifs is 6. The molecular weight excluding hydrogens is 438 g/mol. The van der Waals surface area contributed by atoms with Gasteiger partial charge in [0.1, 0.15) is 17.2 Å². The fourth-order valence-corrected chi connectivity index (χ4v) is 5.17. The van der Waals surface area contributed by atoms with Crippen molar-refractivity contribution in [2.45, 2.75) is 24.6 Å². The molecular formula is C23H17F4N5O. The highest BCUT2D eigenvalue weighted by Gasteiger charge is 2.54. The molecule has 168 valence electrons. The number of carbonyl (C=O) groups is 1. The molecule has 2 aliphatic carbocycles. The fraction of sp³-hybridized carbons (Fsp3) is 0.261. The van der Waals surface area contributed by atoms with E-state index in [0.29, 0.717) is 28.6 Å². The molecule has 3 atom stereocenters. The molecule has 0 aliphatic heterocycles. The highest BCUT2D eigenvalue weighted by atomic mass is 19.4. The van der Waals surface area contributed by atoms with Crippen molar-refractivity contribution in [3.05, 3.63) is 70.9 Å². The number of imidazole rings is 1. The lowest BCUT2D eigenvalue weighted by Crippen LogP contribution is -2.32. The van der Waals surface area contributed by atoms with Crippen LogP contribution in [-0.2, 0) is 6.18 Å². The molecule has 2 aliphatic rings. The zero-order chi connectivity index (χ0) is 23.2. The van der Waals surface area contributed by atoms with Gasteiger partial charge < -0.3 is 10.6 Å². The molecule has 1 amide bonds. The number of amides is 1. The van der Waals surface area contributed by atoms with Crippen molar-refractivity contribution < 1.29 is 22.4 Å². The molecule has 6 rings (SSSR count). The minimum absolute atomic E-state index is 0.0123. The van der Waals surface area contributed by atoms with E-state index in [1.807, 2.05) is 0 Å². The molecule has 2 aromatic carbocycles. The van der Waals surface area contributed by atoms with Crippen molar-refractivity contribution in [3.63, 3.8) is 0 Å². The summed E-state index contributed by atoms with van der Waals surface area (Å²) in [5, 5.41) is 0. The van der Waals surface area contributed by atoms with Crippen LogP contribution in [0, 0.1) is 11.7 Å². The van der Waals surface area contributed by atoms with Gasteiger partial charge in [-0.1, -0.05) is 6.07 Å². The first-order valence-corrected chi connectivity index (χ1v) is 10.3. The molecule has 0 unspecified atom stereocenters. The molecule has 0 spiro atoms. The quantitative estimate of drug-likeness (QED) is 0.450. The standard InChI is InChI=1S/C23H17F4N5O/c1-31(20-11-3-2-10(23(25,26)27)4-12(11)13-5-14(13)20)22(33)15-6-18-17(7-16(15)24)30-21(28)19-8-29-9-32(18)19/h2-4,6-9,13-14,20H,5H2,1H3,(H2,28,30)/t13-,14-,20-/m0/s1. The predicted octanol–water partition coefficient (Wildman–Crippen LogP) is 4.55. The van der Waals surface area contributed by atoms with E-state index < -0.39 is 29.5 Å². The lowest BCUT2D eigenvalue weighted by Gasteiger charge is -2.28. The Kier molecular flexibility index (Phi) is 3.89. The van der Waals surface area contributed by atoms with Crippen molar-refractivity contribution in [1.82, 2.24) is 19.3 Å². The summed E-state index contributed by atoms with van der Waals surface area (Å²) in [6, 6.07) is 5.82. The molecule has 2 aromatic heterocycles. The predicted molar refractivity (Wildman–Crippen MR) is 112 cm³/mol. The Morgan fingerprint density at radius 1 is 1.18 bits per heavy atom. The van der Waals surface area contributed by atoms with Gasteiger partial charge in [0.15, 0.2) is 0 Å². The smallest absolute Gasteiger partial charge is 0.382 e. The number of nitrogens with two attached hydrogens (primary N) is 1. The maximum absolute atomic E-state index is 15.0. The van der Waals surface area contributed by atoms with Crippen LogP contribution in [-0.4, -0.2) is 32.2 Å². The zero-order valence-electron chi connectivity index (χ0n) is 17.3. The van der Waals surface area contributed by atoms with Crippen LogP contribution < -0.4 is 5.73 Å². The van der Waals surface area contributed by atoms with E-state index in [1.54, 1.807) is 11.4 Å². The van der Waals surface area contributed by atoms with Crippen LogP contribution in [0.15, 0.2) is 42.9 Å². The maximum Gasteiger partial charge on any atom is 0.416 e. The number of aromatic nitrogens is 3. The second-order valence-corrected chi connectivity index (χ2v) is 8.68. The zero-order valence-corrected chi connectivity index (χ0v) is 17.3. The second-order valence-electron chi connectivity index (χ2n) is 8.68. The fourth-order valence-electron chi connectivity index (χ4n) is 5.17. The molecule has 0 radical (unpaired) electrons. The summed E-state index contributed by atoms with van der Waals surface area (Å²) >= 11 is 0. The summed E-state index contributed by atoms with van der Waals surface area (Å²) in [5.41, 5.74) is 7.66. The molecule has 1 saturated carbocycles. The first-order chi connectivity index (χ1) is 15.6. The van der Waals surface area contributed by atoms with Crippen molar-refractivity contribution >= 4 is 28.3 Å². The Morgan fingerprint density at radius 2 is 1.97 bits per heavy atom. The second kappa shape index (κ2) is 6.43. The number of nitrogens with zero attached hydrogens (tertiary/aromatic N) is 4. The molecule has 10 heteroatoms. The highest BCUT2D eigenvalue weighted by molar-refractivity contribution is 5.98. The number of nitrogen functional groups attached to an aromatic ring is 1. The van der Waals surface area contributed by atoms with E-state index >= 15 is 0 Å². The Hall–Kier alpha value is -3.69. The van der Waals surface area contributed by atoms with E-state index in [1.165, 1.54) is 35.6 Å². The van der Waals surface area contributed by atoms with E-state index in [9.17, 15) is 22.4 Å². The summed E-state index contributed by atoms with van der Waals surface area (Å²) in [6.45, 7) is 0. The van der Waals surface area contributed by atoms with Crippen LogP contribution in [0.25, 0.3) is 16.6 Å². The number of halogens is 4. The molecule has 33 heavy (non-hydrogen) atoms. The number of anilines is 1. The van der Waals surface area contributed by atoms with E-state index in [0.717, 1.165) is 12.1 Å². The molecule has 0 bridgehead atoms. The summed E-state index contributed by atoms with van der Waals surface area (Å²) in [6.07, 6.45) is -0.693. The molecule has 0 saturated heterocycles. The van der Waals surface area contributed by atoms with Gasteiger partial charge in [-0.05, 0) is 47.6 Å².